The van der Waals surface area contributed by atoms with Crippen molar-refractivity contribution in [3.8, 4) is 0 Å². The van der Waals surface area contributed by atoms with Gasteiger partial charge in [0.2, 0.25) is 0 Å². The molecule has 2 heterocycles. The Hall–Kier alpha value is -2.61. The molecule has 0 bridgehead atoms. The molecule has 0 spiro atoms. The lowest BCUT2D eigenvalue weighted by molar-refractivity contribution is 0.220. The number of carbonyl (C=O) groups excluding carboxylic acids is 1. The number of urea groups is 1. The highest BCUT2D eigenvalue weighted by atomic mass is 32.1. The first kappa shape index (κ1) is 15.3. The van der Waals surface area contributed by atoms with Gasteiger partial charge in [-0.25, -0.2) is 14.2 Å². The summed E-state index contributed by atoms with van der Waals surface area (Å²) in [5, 5.41) is 3.15. The lowest BCUT2D eigenvalue weighted by atomic mass is 10.2. The van der Waals surface area contributed by atoms with E-state index in [1.165, 1.54) is 22.3 Å². The molecule has 0 fully saturated rings. The number of carbonyl (C=O) groups is 1. The third kappa shape index (κ3) is 3.42. The van der Waals surface area contributed by atoms with Crippen molar-refractivity contribution in [2.24, 2.45) is 0 Å². The molecular formula is C15H14FN5OS. The van der Waals surface area contributed by atoms with Gasteiger partial charge in [0.15, 0.2) is 5.13 Å². The Labute approximate surface area is 136 Å². The minimum Gasteiger partial charge on any atom is -0.322 e. The molecule has 0 radical (unpaired) electrons. The summed E-state index contributed by atoms with van der Waals surface area (Å²) in [7, 11) is 1.65. The monoisotopic (exact) mass is 331 g/mol. The average Bonchev–Trinajstić information content (AvgIpc) is 2.89. The Kier molecular flexibility index (Phi) is 4.16. The van der Waals surface area contributed by atoms with Gasteiger partial charge in [0.1, 0.15) is 5.82 Å². The smallest absolute Gasteiger partial charge is 0.322 e. The minimum absolute atomic E-state index is 0.305. The standard InChI is InChI=1S/C15H14FN5OS/c1-9-5-13-12(6-11(9)16)19-14(23-13)20-15(22)21(2)8-10-7-17-3-4-18-10/h3-7H,8H2,1-2H3,(H,19,20,22). The van der Waals surface area contributed by atoms with Crippen LogP contribution in [0.1, 0.15) is 11.3 Å². The molecule has 8 heteroatoms. The summed E-state index contributed by atoms with van der Waals surface area (Å²) >= 11 is 1.31. The maximum absolute atomic E-state index is 13.5. The molecule has 118 valence electrons. The van der Waals surface area contributed by atoms with Crippen molar-refractivity contribution in [3.05, 3.63) is 47.8 Å². The molecule has 2 aromatic heterocycles. The molecule has 23 heavy (non-hydrogen) atoms. The Bertz CT molecular complexity index is 813. The summed E-state index contributed by atoms with van der Waals surface area (Å²) < 4.78 is 14.4. The van der Waals surface area contributed by atoms with Gasteiger partial charge in [-0.05, 0) is 18.6 Å². The van der Waals surface area contributed by atoms with E-state index < -0.39 is 0 Å². The molecule has 0 aliphatic rings. The number of nitrogens with one attached hydrogen (secondary N) is 1. The molecule has 1 N–H and O–H groups in total. The number of benzene rings is 1. The quantitative estimate of drug-likeness (QED) is 0.800. The predicted molar refractivity (Wildman–Crippen MR) is 86.8 cm³/mol. The number of amides is 2. The molecule has 2 amide bonds. The third-order valence-electron chi connectivity index (χ3n) is 3.25. The van der Waals surface area contributed by atoms with Gasteiger partial charge in [-0.15, -0.1) is 0 Å². The maximum Gasteiger partial charge on any atom is 0.323 e. The van der Waals surface area contributed by atoms with Crippen LogP contribution in [0.25, 0.3) is 10.2 Å². The van der Waals surface area contributed by atoms with Crippen LogP contribution in [-0.2, 0) is 6.54 Å². The van der Waals surface area contributed by atoms with Crippen molar-refractivity contribution in [1.82, 2.24) is 19.9 Å². The van der Waals surface area contributed by atoms with Crippen molar-refractivity contribution in [2.45, 2.75) is 13.5 Å². The molecule has 6 nitrogen and oxygen atoms in total. The average molecular weight is 331 g/mol. The Balaban J connectivity index is 1.72. The fraction of sp³-hybridized carbons (Fsp3) is 0.200. The van der Waals surface area contributed by atoms with E-state index in [1.54, 1.807) is 38.6 Å². The van der Waals surface area contributed by atoms with E-state index in [0.717, 1.165) is 4.70 Å². The van der Waals surface area contributed by atoms with Gasteiger partial charge in [-0.2, -0.15) is 0 Å². The Morgan fingerprint density at radius 3 is 2.96 bits per heavy atom. The van der Waals surface area contributed by atoms with Crippen LogP contribution < -0.4 is 5.32 Å². The van der Waals surface area contributed by atoms with Crippen molar-refractivity contribution < 1.29 is 9.18 Å². The number of nitrogens with zero attached hydrogens (tertiary/aromatic N) is 4. The molecular weight excluding hydrogens is 317 g/mol. The van der Waals surface area contributed by atoms with E-state index in [0.29, 0.717) is 28.5 Å². The number of rotatable bonds is 3. The van der Waals surface area contributed by atoms with Crippen LogP contribution in [0.2, 0.25) is 0 Å². The van der Waals surface area contributed by atoms with E-state index in [2.05, 4.69) is 20.3 Å². The topological polar surface area (TPSA) is 71.0 Å². The summed E-state index contributed by atoms with van der Waals surface area (Å²) in [6.07, 6.45) is 4.75. The van der Waals surface area contributed by atoms with Crippen molar-refractivity contribution >= 4 is 32.7 Å². The minimum atomic E-state index is -0.313. The highest BCUT2D eigenvalue weighted by Gasteiger charge is 2.13. The van der Waals surface area contributed by atoms with E-state index in [4.69, 9.17) is 0 Å². The van der Waals surface area contributed by atoms with Gasteiger partial charge >= 0.3 is 6.03 Å². The van der Waals surface area contributed by atoms with E-state index in [9.17, 15) is 9.18 Å². The summed E-state index contributed by atoms with van der Waals surface area (Å²) in [5.74, 6) is -0.305. The molecule has 0 saturated carbocycles. The number of halogens is 1. The van der Waals surface area contributed by atoms with Gasteiger partial charge in [-0.3, -0.25) is 15.3 Å². The normalized spacial score (nSPS) is 10.7. The number of hydrogen-bond donors (Lipinski definition) is 1. The number of fused-ring (bicyclic) bond motifs is 1. The van der Waals surface area contributed by atoms with Crippen LogP contribution in [0, 0.1) is 12.7 Å². The van der Waals surface area contributed by atoms with Crippen LogP contribution >= 0.6 is 11.3 Å². The second-order valence-corrected chi connectivity index (χ2v) is 6.10. The molecule has 1 aromatic carbocycles. The van der Waals surface area contributed by atoms with Gasteiger partial charge in [0.05, 0.1) is 28.7 Å². The highest BCUT2D eigenvalue weighted by Crippen LogP contribution is 2.28. The fourth-order valence-corrected chi connectivity index (χ4v) is 2.95. The second kappa shape index (κ2) is 6.25. The van der Waals surface area contributed by atoms with Crippen molar-refractivity contribution in [3.63, 3.8) is 0 Å². The van der Waals surface area contributed by atoms with Crippen LogP contribution in [0.5, 0.6) is 0 Å². The molecule has 3 aromatic rings. The van der Waals surface area contributed by atoms with E-state index >= 15 is 0 Å². The largest absolute Gasteiger partial charge is 0.323 e. The molecule has 3 rings (SSSR count). The number of thiazole rings is 1. The molecule has 0 atom stereocenters. The van der Waals surface area contributed by atoms with Gasteiger partial charge < -0.3 is 4.90 Å². The van der Waals surface area contributed by atoms with E-state index in [-0.39, 0.29) is 11.8 Å². The lowest BCUT2D eigenvalue weighted by Crippen LogP contribution is -2.31. The Morgan fingerprint density at radius 2 is 2.22 bits per heavy atom. The maximum atomic E-state index is 13.5. The zero-order valence-electron chi connectivity index (χ0n) is 12.6. The number of aromatic nitrogens is 3. The Morgan fingerprint density at radius 1 is 1.39 bits per heavy atom. The number of aryl methyl sites for hydroxylation is 1. The van der Waals surface area contributed by atoms with Crippen LogP contribution in [0.3, 0.4) is 0 Å². The third-order valence-corrected chi connectivity index (χ3v) is 4.18. The molecule has 0 unspecified atom stereocenters. The summed E-state index contributed by atoms with van der Waals surface area (Å²) in [5.41, 5.74) is 1.77. The second-order valence-electron chi connectivity index (χ2n) is 5.07. The van der Waals surface area contributed by atoms with Gasteiger partial charge in [0, 0.05) is 25.5 Å². The zero-order chi connectivity index (χ0) is 16.4. The SMILES string of the molecule is Cc1cc2sc(NC(=O)N(C)Cc3cnccn3)nc2cc1F. The first-order valence-electron chi connectivity index (χ1n) is 6.86. The van der Waals surface area contributed by atoms with Gasteiger partial charge in [-0.1, -0.05) is 11.3 Å². The van der Waals surface area contributed by atoms with Gasteiger partial charge in [0.25, 0.3) is 0 Å². The first-order valence-corrected chi connectivity index (χ1v) is 7.68. The fourth-order valence-electron chi connectivity index (χ4n) is 2.02. The number of anilines is 1. The number of hydrogen-bond acceptors (Lipinski definition) is 5. The van der Waals surface area contributed by atoms with Crippen LogP contribution in [-0.4, -0.2) is 32.9 Å². The van der Waals surface area contributed by atoms with Crippen molar-refractivity contribution in [1.29, 1.82) is 0 Å². The van der Waals surface area contributed by atoms with E-state index in [1.807, 2.05) is 0 Å². The van der Waals surface area contributed by atoms with Crippen LogP contribution in [0.4, 0.5) is 14.3 Å². The van der Waals surface area contributed by atoms with Crippen molar-refractivity contribution in [2.75, 3.05) is 12.4 Å². The lowest BCUT2D eigenvalue weighted by Gasteiger charge is -2.16. The summed E-state index contributed by atoms with van der Waals surface area (Å²) in [4.78, 5) is 26.0. The predicted octanol–water partition coefficient (Wildman–Crippen LogP) is 3.20. The first-order chi connectivity index (χ1) is 11.0. The molecule has 0 saturated heterocycles. The summed E-state index contributed by atoms with van der Waals surface area (Å²) in [6, 6.07) is 2.79. The van der Waals surface area contributed by atoms with Crippen LogP contribution in [0.15, 0.2) is 30.7 Å². The molecule has 0 aliphatic heterocycles. The highest BCUT2D eigenvalue weighted by molar-refractivity contribution is 7.22. The summed E-state index contributed by atoms with van der Waals surface area (Å²) in [6.45, 7) is 2.03. The zero-order valence-corrected chi connectivity index (χ0v) is 13.4. The molecule has 0 aliphatic carbocycles.